The number of benzene rings is 2. The minimum Gasteiger partial charge on any atom is -0.493 e. The van der Waals surface area contributed by atoms with Crippen molar-refractivity contribution in [2.75, 3.05) is 13.7 Å². The van der Waals surface area contributed by atoms with Crippen molar-refractivity contribution in [3.8, 4) is 11.5 Å². The van der Waals surface area contributed by atoms with E-state index < -0.39 is 5.25 Å². The molecule has 0 saturated carbocycles. The molecule has 5 nitrogen and oxygen atoms in total. The van der Waals surface area contributed by atoms with Crippen molar-refractivity contribution in [3.05, 3.63) is 57.6 Å². The van der Waals surface area contributed by atoms with E-state index in [1.54, 1.807) is 32.2 Å². The molecule has 8 heteroatoms. The minimum absolute atomic E-state index is 0.142. The van der Waals surface area contributed by atoms with Crippen LogP contribution in [0.2, 0.25) is 10.0 Å². The molecule has 1 fully saturated rings. The molecule has 1 saturated heterocycles. The normalized spacial score (nSPS) is 16.6. The largest absolute Gasteiger partial charge is 0.493 e. The highest BCUT2D eigenvalue weighted by Gasteiger charge is 2.38. The monoisotopic (exact) mass is 439 g/mol. The lowest BCUT2D eigenvalue weighted by Crippen LogP contribution is -2.31. The molecular formula is C20H19Cl2NO4S. The van der Waals surface area contributed by atoms with E-state index in [9.17, 15) is 9.59 Å². The zero-order valence-corrected chi connectivity index (χ0v) is 17.7. The first-order chi connectivity index (χ1) is 13.4. The van der Waals surface area contributed by atoms with Crippen molar-refractivity contribution >= 4 is 46.1 Å². The third kappa shape index (κ3) is 4.57. The number of hydrogen-bond acceptors (Lipinski definition) is 5. The summed E-state index contributed by atoms with van der Waals surface area (Å²) in [6.07, 6.45) is 0.454. The van der Waals surface area contributed by atoms with Gasteiger partial charge in [-0.3, -0.25) is 14.5 Å². The Morgan fingerprint density at radius 2 is 1.79 bits per heavy atom. The molecule has 0 aliphatic carbocycles. The average molecular weight is 440 g/mol. The number of amides is 2. The first-order valence-electron chi connectivity index (χ1n) is 8.68. The van der Waals surface area contributed by atoms with Gasteiger partial charge in [0.15, 0.2) is 11.5 Å². The smallest absolute Gasteiger partial charge is 0.289 e. The molecular weight excluding hydrogens is 421 g/mol. The van der Waals surface area contributed by atoms with E-state index in [2.05, 4.69) is 0 Å². The SMILES string of the molecule is CCN1C(=O)S[C@@H](Cc2ccc(OCc3ccc(Cl)c(Cl)c3)c(OC)c2)C1=O. The summed E-state index contributed by atoms with van der Waals surface area (Å²) in [5.41, 5.74) is 1.78. The van der Waals surface area contributed by atoms with Crippen LogP contribution in [0.4, 0.5) is 4.79 Å². The Kier molecular flexibility index (Phi) is 6.75. The number of hydrogen-bond donors (Lipinski definition) is 0. The molecule has 0 spiro atoms. The molecule has 0 unspecified atom stereocenters. The second-order valence-electron chi connectivity index (χ2n) is 6.18. The van der Waals surface area contributed by atoms with Crippen LogP contribution in [0.5, 0.6) is 11.5 Å². The average Bonchev–Trinajstić information content (AvgIpc) is 2.95. The standard InChI is InChI=1S/C20H19Cl2NO4S/c1-3-23-19(24)18(28-20(23)25)10-12-5-7-16(17(9-12)26-2)27-11-13-4-6-14(21)15(22)8-13/h4-9,18H,3,10-11H2,1-2H3/t18-/m0/s1. The van der Waals surface area contributed by atoms with Crippen molar-refractivity contribution in [1.82, 2.24) is 4.90 Å². The Labute approximate surface area is 177 Å². The number of halogens is 2. The Morgan fingerprint density at radius 3 is 2.43 bits per heavy atom. The maximum absolute atomic E-state index is 12.3. The van der Waals surface area contributed by atoms with E-state index in [0.717, 1.165) is 22.9 Å². The highest BCUT2D eigenvalue weighted by Crippen LogP contribution is 2.33. The molecule has 2 aromatic carbocycles. The van der Waals surface area contributed by atoms with Crippen LogP contribution in [0.3, 0.4) is 0 Å². The van der Waals surface area contributed by atoms with Gasteiger partial charge in [-0.05, 0) is 48.7 Å². The molecule has 1 heterocycles. The van der Waals surface area contributed by atoms with Crippen LogP contribution in [0.15, 0.2) is 36.4 Å². The van der Waals surface area contributed by atoms with Gasteiger partial charge in [0.05, 0.1) is 22.4 Å². The topological polar surface area (TPSA) is 55.8 Å². The molecule has 0 aromatic heterocycles. The molecule has 0 N–H and O–H groups in total. The molecule has 1 atom stereocenters. The Hall–Kier alpha value is -1.89. The van der Waals surface area contributed by atoms with Gasteiger partial charge in [-0.2, -0.15) is 0 Å². The predicted molar refractivity (Wildman–Crippen MR) is 112 cm³/mol. The summed E-state index contributed by atoms with van der Waals surface area (Å²) in [5, 5.41) is 0.373. The number of nitrogens with zero attached hydrogens (tertiary/aromatic N) is 1. The lowest BCUT2D eigenvalue weighted by atomic mass is 10.1. The van der Waals surface area contributed by atoms with Gasteiger partial charge in [0, 0.05) is 6.54 Å². The van der Waals surface area contributed by atoms with Gasteiger partial charge in [-0.1, -0.05) is 47.1 Å². The Bertz CT molecular complexity index is 906. The van der Waals surface area contributed by atoms with Gasteiger partial charge in [0.25, 0.3) is 5.24 Å². The van der Waals surface area contributed by atoms with E-state index in [-0.39, 0.29) is 11.1 Å². The second kappa shape index (κ2) is 9.07. The van der Waals surface area contributed by atoms with Crippen molar-refractivity contribution in [2.45, 2.75) is 25.2 Å². The maximum atomic E-state index is 12.3. The van der Waals surface area contributed by atoms with E-state index in [1.165, 1.54) is 4.90 Å². The van der Waals surface area contributed by atoms with Crippen molar-refractivity contribution in [1.29, 1.82) is 0 Å². The van der Waals surface area contributed by atoms with Crippen LogP contribution < -0.4 is 9.47 Å². The van der Waals surface area contributed by atoms with E-state index >= 15 is 0 Å². The highest BCUT2D eigenvalue weighted by atomic mass is 35.5. The molecule has 1 aliphatic rings. The van der Waals surface area contributed by atoms with Gasteiger partial charge in [-0.15, -0.1) is 0 Å². The first-order valence-corrected chi connectivity index (χ1v) is 10.3. The predicted octanol–water partition coefficient (Wildman–Crippen LogP) is 5.21. The van der Waals surface area contributed by atoms with E-state index in [1.807, 2.05) is 18.2 Å². The molecule has 2 aromatic rings. The van der Waals surface area contributed by atoms with E-state index in [0.29, 0.717) is 41.1 Å². The third-order valence-electron chi connectivity index (χ3n) is 4.35. The molecule has 148 valence electrons. The number of thioether (sulfide) groups is 1. The maximum Gasteiger partial charge on any atom is 0.289 e. The van der Waals surface area contributed by atoms with Crippen LogP contribution in [0.25, 0.3) is 0 Å². The summed E-state index contributed by atoms with van der Waals surface area (Å²) in [6.45, 7) is 2.50. The third-order valence-corrected chi connectivity index (χ3v) is 6.16. The van der Waals surface area contributed by atoms with Crippen LogP contribution in [0, 0.1) is 0 Å². The molecule has 0 bridgehead atoms. The van der Waals surface area contributed by atoms with Gasteiger partial charge in [0.1, 0.15) is 6.61 Å². The number of carbonyl (C=O) groups excluding carboxylic acids is 2. The van der Waals surface area contributed by atoms with Gasteiger partial charge in [-0.25, -0.2) is 0 Å². The van der Waals surface area contributed by atoms with Gasteiger partial charge >= 0.3 is 0 Å². The lowest BCUT2D eigenvalue weighted by molar-refractivity contribution is -0.126. The quantitative estimate of drug-likeness (QED) is 0.592. The minimum atomic E-state index is -0.403. The van der Waals surface area contributed by atoms with E-state index in [4.69, 9.17) is 32.7 Å². The van der Waals surface area contributed by atoms with Crippen molar-refractivity contribution in [2.24, 2.45) is 0 Å². The van der Waals surface area contributed by atoms with Crippen molar-refractivity contribution in [3.63, 3.8) is 0 Å². The molecule has 1 aliphatic heterocycles. The highest BCUT2D eigenvalue weighted by molar-refractivity contribution is 8.15. The fourth-order valence-corrected chi connectivity index (χ4v) is 4.29. The summed E-state index contributed by atoms with van der Waals surface area (Å²) in [5.74, 6) is 0.997. The molecule has 3 rings (SSSR count). The van der Waals surface area contributed by atoms with Gasteiger partial charge < -0.3 is 9.47 Å². The summed E-state index contributed by atoms with van der Waals surface area (Å²) in [4.78, 5) is 25.4. The summed E-state index contributed by atoms with van der Waals surface area (Å²) < 4.78 is 11.3. The molecule has 28 heavy (non-hydrogen) atoms. The molecule has 0 radical (unpaired) electrons. The number of imide groups is 1. The summed E-state index contributed by atoms with van der Waals surface area (Å²) in [7, 11) is 1.56. The molecule has 2 amide bonds. The van der Waals surface area contributed by atoms with Crippen LogP contribution in [-0.2, 0) is 17.8 Å². The van der Waals surface area contributed by atoms with Crippen molar-refractivity contribution < 1.29 is 19.1 Å². The van der Waals surface area contributed by atoms with Crippen LogP contribution in [-0.4, -0.2) is 35.0 Å². The zero-order chi connectivity index (χ0) is 20.3. The zero-order valence-electron chi connectivity index (χ0n) is 15.4. The Balaban J connectivity index is 1.69. The number of ether oxygens (including phenoxy) is 2. The lowest BCUT2D eigenvalue weighted by Gasteiger charge is -2.14. The number of rotatable bonds is 7. The number of carbonyl (C=O) groups is 2. The van der Waals surface area contributed by atoms with Crippen LogP contribution >= 0.6 is 35.0 Å². The first kappa shape index (κ1) is 20.8. The number of methoxy groups -OCH3 is 1. The fraction of sp³-hybridized carbons (Fsp3) is 0.300. The summed E-state index contributed by atoms with van der Waals surface area (Å²) in [6, 6.07) is 10.8. The Morgan fingerprint density at radius 1 is 1.04 bits per heavy atom. The van der Waals surface area contributed by atoms with Crippen LogP contribution in [0.1, 0.15) is 18.1 Å². The van der Waals surface area contributed by atoms with Gasteiger partial charge in [0.2, 0.25) is 5.91 Å². The second-order valence-corrected chi connectivity index (χ2v) is 8.15. The fourth-order valence-electron chi connectivity index (χ4n) is 2.88. The summed E-state index contributed by atoms with van der Waals surface area (Å²) >= 11 is 13.0.